The number of nitrogen functional groups attached to an aromatic ring is 1. The molecule has 6 heteroatoms. The largest absolute Gasteiger partial charge is 0.488 e. The molecule has 0 aliphatic rings. The standard InChI is InChI=1S/C20H19N3O3/c21-16-7-3-4-13(8-16)12-26-18-10-15-6-2-1-5-14(15)9-17(18)20(25)23-11-19(22)24/h1-10H,11-12,21H2,(H2,22,24)(H,23,25). The lowest BCUT2D eigenvalue weighted by Gasteiger charge is -2.13. The van der Waals surface area contributed by atoms with Gasteiger partial charge in [-0.05, 0) is 40.6 Å². The van der Waals surface area contributed by atoms with E-state index in [1.807, 2.05) is 42.5 Å². The van der Waals surface area contributed by atoms with Crippen LogP contribution >= 0.6 is 0 Å². The minimum Gasteiger partial charge on any atom is -0.488 e. The number of nitrogens with one attached hydrogen (secondary N) is 1. The first kappa shape index (κ1) is 17.3. The van der Waals surface area contributed by atoms with Gasteiger partial charge in [0.2, 0.25) is 5.91 Å². The molecule has 0 bridgehead atoms. The van der Waals surface area contributed by atoms with Gasteiger partial charge in [-0.2, -0.15) is 0 Å². The highest BCUT2D eigenvalue weighted by atomic mass is 16.5. The van der Waals surface area contributed by atoms with Crippen LogP contribution in [0.5, 0.6) is 5.75 Å². The number of nitrogens with two attached hydrogens (primary N) is 2. The van der Waals surface area contributed by atoms with Gasteiger partial charge in [-0.25, -0.2) is 0 Å². The zero-order valence-corrected chi connectivity index (χ0v) is 14.1. The molecule has 0 aromatic heterocycles. The maximum absolute atomic E-state index is 12.5. The van der Waals surface area contributed by atoms with E-state index in [2.05, 4.69) is 5.32 Å². The Balaban J connectivity index is 1.91. The second-order valence-electron chi connectivity index (χ2n) is 5.88. The monoisotopic (exact) mass is 349 g/mol. The molecule has 6 nitrogen and oxygen atoms in total. The van der Waals surface area contributed by atoms with E-state index in [-0.39, 0.29) is 13.2 Å². The first-order chi connectivity index (χ1) is 12.5. The first-order valence-electron chi connectivity index (χ1n) is 8.09. The van der Waals surface area contributed by atoms with Gasteiger partial charge in [0.15, 0.2) is 0 Å². The third-order valence-electron chi connectivity index (χ3n) is 3.86. The molecule has 0 heterocycles. The summed E-state index contributed by atoms with van der Waals surface area (Å²) >= 11 is 0. The van der Waals surface area contributed by atoms with Crippen LogP contribution in [0.15, 0.2) is 60.7 Å². The molecular formula is C20H19N3O3. The van der Waals surface area contributed by atoms with Crippen LogP contribution in [-0.4, -0.2) is 18.4 Å². The van der Waals surface area contributed by atoms with Crippen LogP contribution in [0, 0.1) is 0 Å². The molecule has 3 aromatic rings. The number of primary amides is 1. The number of ether oxygens (including phenoxy) is 1. The van der Waals surface area contributed by atoms with E-state index in [4.69, 9.17) is 16.2 Å². The van der Waals surface area contributed by atoms with Crippen LogP contribution in [0.25, 0.3) is 10.8 Å². The molecule has 0 unspecified atom stereocenters. The zero-order valence-electron chi connectivity index (χ0n) is 14.1. The van der Waals surface area contributed by atoms with Crippen LogP contribution in [0.3, 0.4) is 0 Å². The van der Waals surface area contributed by atoms with Crippen LogP contribution in [0.2, 0.25) is 0 Å². The number of benzene rings is 3. The number of carbonyl (C=O) groups is 2. The van der Waals surface area contributed by atoms with Crippen molar-refractivity contribution in [1.82, 2.24) is 5.32 Å². The molecule has 0 aliphatic heterocycles. The van der Waals surface area contributed by atoms with Crippen molar-refractivity contribution in [3.8, 4) is 5.75 Å². The summed E-state index contributed by atoms with van der Waals surface area (Å²) in [7, 11) is 0. The van der Waals surface area contributed by atoms with Gasteiger partial charge in [0.05, 0.1) is 12.1 Å². The molecule has 0 fully saturated rings. The number of rotatable bonds is 6. The van der Waals surface area contributed by atoms with Crippen molar-refractivity contribution in [3.63, 3.8) is 0 Å². The maximum atomic E-state index is 12.5. The Bertz CT molecular complexity index is 969. The average molecular weight is 349 g/mol. The minimum absolute atomic E-state index is 0.236. The summed E-state index contributed by atoms with van der Waals surface area (Å²) in [4.78, 5) is 23.4. The molecule has 3 rings (SSSR count). The summed E-state index contributed by atoms with van der Waals surface area (Å²) in [5.74, 6) is -0.605. The molecule has 0 saturated heterocycles. The fraction of sp³-hybridized carbons (Fsp3) is 0.100. The molecule has 0 saturated carbocycles. The van der Waals surface area contributed by atoms with Crippen molar-refractivity contribution in [2.24, 2.45) is 5.73 Å². The molecule has 132 valence electrons. The SMILES string of the molecule is NC(=O)CNC(=O)c1cc2ccccc2cc1OCc1cccc(N)c1. The van der Waals surface area contributed by atoms with Crippen LogP contribution in [0.4, 0.5) is 5.69 Å². The van der Waals surface area contributed by atoms with Gasteiger partial charge >= 0.3 is 0 Å². The number of fused-ring (bicyclic) bond motifs is 1. The number of amides is 2. The van der Waals surface area contributed by atoms with Gasteiger partial charge in [-0.15, -0.1) is 0 Å². The van der Waals surface area contributed by atoms with E-state index in [1.54, 1.807) is 18.2 Å². The summed E-state index contributed by atoms with van der Waals surface area (Å²) < 4.78 is 5.88. The van der Waals surface area contributed by atoms with Crippen LogP contribution < -0.4 is 21.5 Å². The zero-order chi connectivity index (χ0) is 18.5. The van der Waals surface area contributed by atoms with E-state index >= 15 is 0 Å². The number of hydrogen-bond acceptors (Lipinski definition) is 4. The molecule has 26 heavy (non-hydrogen) atoms. The third kappa shape index (κ3) is 4.10. The highest BCUT2D eigenvalue weighted by molar-refractivity contribution is 6.02. The molecular weight excluding hydrogens is 330 g/mol. The Hall–Kier alpha value is -3.54. The Kier molecular flexibility index (Phi) is 5.03. The van der Waals surface area contributed by atoms with E-state index in [9.17, 15) is 9.59 Å². The maximum Gasteiger partial charge on any atom is 0.255 e. The second kappa shape index (κ2) is 7.57. The van der Waals surface area contributed by atoms with Gasteiger partial charge in [0.25, 0.3) is 5.91 Å². The summed E-state index contributed by atoms with van der Waals surface area (Å²) in [6, 6.07) is 18.5. The summed E-state index contributed by atoms with van der Waals surface area (Å²) in [5.41, 5.74) is 12.8. The van der Waals surface area contributed by atoms with Crippen molar-refractivity contribution in [3.05, 3.63) is 71.8 Å². The Morgan fingerprint density at radius 1 is 0.962 bits per heavy atom. The summed E-state index contributed by atoms with van der Waals surface area (Å²) in [5, 5.41) is 4.34. The fourth-order valence-electron chi connectivity index (χ4n) is 2.62. The third-order valence-corrected chi connectivity index (χ3v) is 3.86. The smallest absolute Gasteiger partial charge is 0.255 e. The van der Waals surface area contributed by atoms with Crippen molar-refractivity contribution in [2.75, 3.05) is 12.3 Å². The predicted octanol–water partition coefficient (Wildman–Crippen LogP) is 2.22. The van der Waals surface area contributed by atoms with Crippen LogP contribution in [-0.2, 0) is 11.4 Å². The van der Waals surface area contributed by atoms with Gasteiger partial charge < -0.3 is 21.5 Å². The van der Waals surface area contributed by atoms with Gasteiger partial charge in [-0.3, -0.25) is 9.59 Å². The second-order valence-corrected chi connectivity index (χ2v) is 5.88. The highest BCUT2D eigenvalue weighted by Gasteiger charge is 2.15. The normalized spacial score (nSPS) is 10.5. The first-order valence-corrected chi connectivity index (χ1v) is 8.09. The van der Waals surface area contributed by atoms with E-state index in [1.165, 1.54) is 0 Å². The van der Waals surface area contributed by atoms with E-state index < -0.39 is 11.8 Å². The quantitative estimate of drug-likeness (QED) is 0.593. The Morgan fingerprint density at radius 2 is 1.69 bits per heavy atom. The molecule has 5 N–H and O–H groups in total. The van der Waals surface area contributed by atoms with Gasteiger partial charge in [-0.1, -0.05) is 36.4 Å². The Labute approximate surface area is 150 Å². The summed E-state index contributed by atoms with van der Waals surface area (Å²) in [6.07, 6.45) is 0. The van der Waals surface area contributed by atoms with Gasteiger partial charge in [0.1, 0.15) is 12.4 Å². The van der Waals surface area contributed by atoms with Crippen molar-refractivity contribution in [1.29, 1.82) is 0 Å². The number of anilines is 1. The van der Waals surface area contributed by atoms with Crippen LogP contribution in [0.1, 0.15) is 15.9 Å². The lowest BCUT2D eigenvalue weighted by Crippen LogP contribution is -2.33. The summed E-state index contributed by atoms with van der Waals surface area (Å²) in [6.45, 7) is 0.0276. The van der Waals surface area contributed by atoms with E-state index in [0.29, 0.717) is 17.0 Å². The van der Waals surface area contributed by atoms with Gasteiger partial charge in [0, 0.05) is 5.69 Å². The minimum atomic E-state index is -0.610. The molecule has 2 amide bonds. The number of carbonyl (C=O) groups excluding carboxylic acids is 2. The van der Waals surface area contributed by atoms with E-state index in [0.717, 1.165) is 16.3 Å². The number of hydrogen-bond donors (Lipinski definition) is 3. The molecule has 0 spiro atoms. The molecule has 0 atom stereocenters. The molecule has 0 aliphatic carbocycles. The predicted molar refractivity (Wildman–Crippen MR) is 101 cm³/mol. The fourth-order valence-corrected chi connectivity index (χ4v) is 2.62. The molecule has 0 radical (unpaired) electrons. The van der Waals surface area contributed by atoms with Crippen molar-refractivity contribution >= 4 is 28.3 Å². The lowest BCUT2D eigenvalue weighted by atomic mass is 10.1. The van der Waals surface area contributed by atoms with Crippen molar-refractivity contribution in [2.45, 2.75) is 6.61 Å². The highest BCUT2D eigenvalue weighted by Crippen LogP contribution is 2.27. The topological polar surface area (TPSA) is 107 Å². The molecule has 3 aromatic carbocycles. The Morgan fingerprint density at radius 3 is 2.38 bits per heavy atom. The van der Waals surface area contributed by atoms with Crippen molar-refractivity contribution < 1.29 is 14.3 Å². The lowest BCUT2D eigenvalue weighted by molar-refractivity contribution is -0.117. The average Bonchev–Trinajstić information content (AvgIpc) is 2.63.